The van der Waals surface area contributed by atoms with Crippen molar-refractivity contribution in [2.75, 3.05) is 12.4 Å². The number of nitriles is 1. The first-order chi connectivity index (χ1) is 10.7. The summed E-state index contributed by atoms with van der Waals surface area (Å²) >= 11 is 0. The van der Waals surface area contributed by atoms with Crippen LogP contribution < -0.4 is 15.4 Å². The Bertz CT molecular complexity index is 684. The van der Waals surface area contributed by atoms with Crippen LogP contribution in [0.15, 0.2) is 30.0 Å². The zero-order valence-electron chi connectivity index (χ0n) is 13.3. The molecule has 0 aromatic heterocycles. The number of carbonyl (C=O) groups is 1. The minimum Gasteiger partial charge on any atom is -0.495 e. The van der Waals surface area contributed by atoms with Crippen LogP contribution in [0.2, 0.25) is 0 Å². The van der Waals surface area contributed by atoms with Crippen LogP contribution in [-0.4, -0.2) is 23.5 Å². The van der Waals surface area contributed by atoms with Crippen LogP contribution in [0.1, 0.15) is 20.8 Å². The second-order valence-electron chi connectivity index (χ2n) is 5.66. The largest absolute Gasteiger partial charge is 0.495 e. The maximum Gasteiger partial charge on any atom is 0.271 e. The van der Waals surface area contributed by atoms with Gasteiger partial charge in [-0.05, 0) is 26.8 Å². The Morgan fingerprint density at radius 2 is 2.09 bits per heavy atom. The number of nitro groups is 1. The van der Waals surface area contributed by atoms with Crippen LogP contribution in [-0.2, 0) is 4.79 Å². The lowest BCUT2D eigenvalue weighted by Gasteiger charge is -2.20. The molecule has 0 saturated heterocycles. The van der Waals surface area contributed by atoms with Crippen LogP contribution in [0.25, 0.3) is 0 Å². The van der Waals surface area contributed by atoms with Crippen molar-refractivity contribution >= 4 is 17.3 Å². The van der Waals surface area contributed by atoms with Gasteiger partial charge < -0.3 is 15.4 Å². The average Bonchev–Trinajstić information content (AvgIpc) is 2.45. The number of benzene rings is 1. The minimum absolute atomic E-state index is 0.139. The molecular weight excluding hydrogens is 300 g/mol. The zero-order chi connectivity index (χ0) is 17.6. The van der Waals surface area contributed by atoms with Crippen LogP contribution in [0.3, 0.4) is 0 Å². The van der Waals surface area contributed by atoms with E-state index in [0.717, 1.165) is 0 Å². The van der Waals surface area contributed by atoms with Gasteiger partial charge in [0.1, 0.15) is 17.4 Å². The van der Waals surface area contributed by atoms with Gasteiger partial charge >= 0.3 is 0 Å². The third-order valence-corrected chi connectivity index (χ3v) is 2.62. The number of rotatable bonds is 5. The number of ether oxygens (including phenoxy) is 1. The van der Waals surface area contributed by atoms with Gasteiger partial charge in [0, 0.05) is 23.9 Å². The molecule has 1 aromatic rings. The molecule has 1 rings (SSSR count). The standard InChI is InChI=1S/C15H18N4O4/c1-15(2,3)18-14(20)10(8-16)9-17-12-7-11(19(21)22)5-6-13(12)23-4/h5-7,9,17H,1-4H3,(H,18,20)/b10-9-. The molecule has 0 saturated carbocycles. The average molecular weight is 318 g/mol. The molecule has 0 radical (unpaired) electrons. The molecule has 0 fully saturated rings. The van der Waals surface area contributed by atoms with E-state index >= 15 is 0 Å². The van der Waals surface area contributed by atoms with Crippen molar-refractivity contribution in [1.82, 2.24) is 5.32 Å². The first kappa shape index (κ1) is 18.0. The zero-order valence-corrected chi connectivity index (χ0v) is 13.3. The quantitative estimate of drug-likeness (QED) is 0.372. The lowest BCUT2D eigenvalue weighted by Crippen LogP contribution is -2.41. The summed E-state index contributed by atoms with van der Waals surface area (Å²) in [5.74, 6) is -0.197. The molecule has 0 aliphatic carbocycles. The Hall–Kier alpha value is -3.08. The minimum atomic E-state index is -0.550. The highest BCUT2D eigenvalue weighted by molar-refractivity contribution is 5.98. The third kappa shape index (κ3) is 5.32. The molecule has 0 bridgehead atoms. The molecule has 122 valence electrons. The number of nitrogens with one attached hydrogen (secondary N) is 2. The van der Waals surface area contributed by atoms with E-state index in [-0.39, 0.29) is 16.9 Å². The molecule has 2 N–H and O–H groups in total. The highest BCUT2D eigenvalue weighted by Gasteiger charge is 2.17. The van der Waals surface area contributed by atoms with Crippen molar-refractivity contribution in [3.8, 4) is 11.8 Å². The molecule has 8 nitrogen and oxygen atoms in total. The van der Waals surface area contributed by atoms with Gasteiger partial charge in [-0.25, -0.2) is 0 Å². The summed E-state index contributed by atoms with van der Waals surface area (Å²) in [6.45, 7) is 5.37. The molecule has 1 aromatic carbocycles. The SMILES string of the molecule is COc1ccc([N+](=O)[O-])cc1N/C=C(/C#N)C(=O)NC(C)(C)C. The summed E-state index contributed by atoms with van der Waals surface area (Å²) in [6, 6.07) is 5.76. The Morgan fingerprint density at radius 3 is 2.57 bits per heavy atom. The molecule has 0 unspecified atom stereocenters. The van der Waals surface area contributed by atoms with Crippen molar-refractivity contribution in [3.05, 3.63) is 40.1 Å². The maximum absolute atomic E-state index is 12.0. The van der Waals surface area contributed by atoms with Crippen LogP contribution >= 0.6 is 0 Å². The van der Waals surface area contributed by atoms with Gasteiger partial charge in [0.05, 0.1) is 17.7 Å². The van der Waals surface area contributed by atoms with Crippen molar-refractivity contribution in [2.24, 2.45) is 0 Å². The molecule has 0 heterocycles. The summed E-state index contributed by atoms with van der Waals surface area (Å²) < 4.78 is 5.09. The second kappa shape index (κ2) is 7.26. The fourth-order valence-electron chi connectivity index (χ4n) is 1.63. The fourth-order valence-corrected chi connectivity index (χ4v) is 1.63. The number of amides is 1. The predicted octanol–water partition coefficient (Wildman–Crippen LogP) is 2.34. The Kier molecular flexibility index (Phi) is 5.68. The summed E-state index contributed by atoms with van der Waals surface area (Å²) in [6.07, 6.45) is 1.18. The van der Waals surface area contributed by atoms with E-state index in [9.17, 15) is 14.9 Å². The molecule has 0 aliphatic rings. The Balaban J connectivity index is 3.05. The normalized spacial score (nSPS) is 11.3. The van der Waals surface area contributed by atoms with Gasteiger partial charge in [-0.1, -0.05) is 0 Å². The van der Waals surface area contributed by atoms with Crippen molar-refractivity contribution in [3.63, 3.8) is 0 Å². The van der Waals surface area contributed by atoms with Gasteiger partial charge in [0.15, 0.2) is 0 Å². The van der Waals surface area contributed by atoms with Crippen LogP contribution in [0.4, 0.5) is 11.4 Å². The molecule has 0 atom stereocenters. The summed E-state index contributed by atoms with van der Waals surface area (Å²) in [7, 11) is 1.41. The van der Waals surface area contributed by atoms with Gasteiger partial charge in [0.25, 0.3) is 11.6 Å². The monoisotopic (exact) mass is 318 g/mol. The number of non-ortho nitro benzene ring substituents is 1. The van der Waals surface area contributed by atoms with Crippen molar-refractivity contribution in [1.29, 1.82) is 5.26 Å². The van der Waals surface area contributed by atoms with E-state index in [1.165, 1.54) is 31.5 Å². The first-order valence-corrected chi connectivity index (χ1v) is 6.69. The summed E-state index contributed by atoms with van der Waals surface area (Å²) in [5, 5.41) is 25.3. The van der Waals surface area contributed by atoms with Gasteiger partial charge in [-0.3, -0.25) is 14.9 Å². The molecule has 0 aliphatic heterocycles. The smallest absolute Gasteiger partial charge is 0.271 e. The lowest BCUT2D eigenvalue weighted by molar-refractivity contribution is -0.384. The maximum atomic E-state index is 12.0. The number of nitrogens with zero attached hydrogens (tertiary/aromatic N) is 2. The van der Waals surface area contributed by atoms with Gasteiger partial charge in [-0.2, -0.15) is 5.26 Å². The summed E-state index contributed by atoms with van der Waals surface area (Å²) in [4.78, 5) is 22.2. The van der Waals surface area contributed by atoms with E-state index in [2.05, 4.69) is 10.6 Å². The highest BCUT2D eigenvalue weighted by Crippen LogP contribution is 2.28. The first-order valence-electron chi connectivity index (χ1n) is 6.69. The topological polar surface area (TPSA) is 117 Å². The number of nitro benzene ring substituents is 1. The number of hydrogen-bond acceptors (Lipinski definition) is 6. The molecule has 23 heavy (non-hydrogen) atoms. The van der Waals surface area contributed by atoms with Gasteiger partial charge in [0.2, 0.25) is 0 Å². The van der Waals surface area contributed by atoms with Crippen LogP contribution in [0.5, 0.6) is 5.75 Å². The van der Waals surface area contributed by atoms with Gasteiger partial charge in [-0.15, -0.1) is 0 Å². The molecule has 0 spiro atoms. The number of methoxy groups -OCH3 is 1. The fraction of sp³-hybridized carbons (Fsp3) is 0.333. The predicted molar refractivity (Wildman–Crippen MR) is 84.9 cm³/mol. The number of hydrogen-bond donors (Lipinski definition) is 2. The van der Waals surface area contributed by atoms with Crippen molar-refractivity contribution < 1.29 is 14.5 Å². The van der Waals surface area contributed by atoms with E-state index in [0.29, 0.717) is 5.75 Å². The second-order valence-corrected chi connectivity index (χ2v) is 5.66. The van der Waals surface area contributed by atoms with E-state index in [1.807, 2.05) is 0 Å². The third-order valence-electron chi connectivity index (χ3n) is 2.62. The number of anilines is 1. The lowest BCUT2D eigenvalue weighted by atomic mass is 10.1. The van der Waals surface area contributed by atoms with Crippen LogP contribution in [0, 0.1) is 21.4 Å². The molecule has 8 heteroatoms. The molecular formula is C15H18N4O4. The molecule has 1 amide bonds. The highest BCUT2D eigenvalue weighted by atomic mass is 16.6. The van der Waals surface area contributed by atoms with Crippen molar-refractivity contribution in [2.45, 2.75) is 26.3 Å². The van der Waals surface area contributed by atoms with E-state index in [1.54, 1.807) is 26.8 Å². The Labute approximate surface area is 133 Å². The summed E-state index contributed by atoms with van der Waals surface area (Å²) in [5.41, 5.74) is -0.512. The van der Waals surface area contributed by atoms with E-state index in [4.69, 9.17) is 10.00 Å². The number of carbonyl (C=O) groups excluding carboxylic acids is 1. The Morgan fingerprint density at radius 1 is 1.43 bits per heavy atom. The van der Waals surface area contributed by atoms with E-state index < -0.39 is 16.4 Å².